The third kappa shape index (κ3) is 4.13. The third-order valence-electron chi connectivity index (χ3n) is 2.09. The minimum Gasteiger partial charge on any atom is -0.507 e. The zero-order chi connectivity index (χ0) is 11.8. The van der Waals surface area contributed by atoms with Gasteiger partial charge in [0, 0.05) is 12.0 Å². The Labute approximate surface area is 95.0 Å². The van der Waals surface area contributed by atoms with Crippen LogP contribution in [0.25, 0.3) is 0 Å². The van der Waals surface area contributed by atoms with Crippen LogP contribution < -0.4 is 5.43 Å². The largest absolute Gasteiger partial charge is 0.507 e. The van der Waals surface area contributed by atoms with Gasteiger partial charge in [0.25, 0.3) is 0 Å². The summed E-state index contributed by atoms with van der Waals surface area (Å²) in [6.45, 7) is 2.03. The van der Waals surface area contributed by atoms with E-state index in [1.165, 1.54) is 6.21 Å². The van der Waals surface area contributed by atoms with Crippen LogP contribution in [0, 0.1) is 0 Å². The molecule has 1 aromatic carbocycles. The Kier molecular flexibility index (Phi) is 5.05. The van der Waals surface area contributed by atoms with E-state index in [0.717, 1.165) is 12.8 Å². The maximum absolute atomic E-state index is 11.2. The summed E-state index contributed by atoms with van der Waals surface area (Å²) >= 11 is 0. The van der Waals surface area contributed by atoms with Gasteiger partial charge in [-0.2, -0.15) is 5.10 Å². The topological polar surface area (TPSA) is 61.7 Å². The van der Waals surface area contributed by atoms with Crippen LogP contribution in [0.1, 0.15) is 31.7 Å². The van der Waals surface area contributed by atoms with Crippen molar-refractivity contribution in [2.75, 3.05) is 0 Å². The van der Waals surface area contributed by atoms with Crippen LogP contribution >= 0.6 is 0 Å². The summed E-state index contributed by atoms with van der Waals surface area (Å²) < 4.78 is 0. The van der Waals surface area contributed by atoms with Crippen molar-refractivity contribution in [3.8, 4) is 5.75 Å². The van der Waals surface area contributed by atoms with Crippen molar-refractivity contribution in [1.82, 2.24) is 5.43 Å². The Balaban J connectivity index is 2.43. The van der Waals surface area contributed by atoms with Gasteiger partial charge in [0.1, 0.15) is 5.75 Å². The fourth-order valence-corrected chi connectivity index (χ4v) is 1.16. The predicted octanol–water partition coefficient (Wildman–Crippen LogP) is 2.03. The van der Waals surface area contributed by atoms with Crippen LogP contribution in [0.2, 0.25) is 0 Å². The standard InChI is InChI=1S/C12H16N2O2/c1-2-3-8-12(16)14-13-9-10-6-4-5-7-11(10)15/h4-7,9,15H,2-3,8H2,1H3,(H,14,16)/b13-9-. The number of para-hydroxylation sites is 1. The summed E-state index contributed by atoms with van der Waals surface area (Å²) in [5.74, 6) is 0.0441. The number of nitrogens with zero attached hydrogens (tertiary/aromatic N) is 1. The fraction of sp³-hybridized carbons (Fsp3) is 0.333. The molecule has 0 aromatic heterocycles. The molecule has 4 heteroatoms. The van der Waals surface area contributed by atoms with Crippen LogP contribution in [0.4, 0.5) is 0 Å². The molecule has 86 valence electrons. The molecular formula is C12H16N2O2. The second-order valence-electron chi connectivity index (χ2n) is 3.46. The van der Waals surface area contributed by atoms with Crippen molar-refractivity contribution >= 4 is 12.1 Å². The first-order valence-electron chi connectivity index (χ1n) is 5.34. The molecule has 16 heavy (non-hydrogen) atoms. The molecule has 0 saturated carbocycles. The number of unbranched alkanes of at least 4 members (excludes halogenated alkanes) is 1. The Bertz CT molecular complexity index is 375. The highest BCUT2D eigenvalue weighted by atomic mass is 16.3. The molecule has 0 radical (unpaired) electrons. The first-order valence-corrected chi connectivity index (χ1v) is 5.34. The summed E-state index contributed by atoms with van der Waals surface area (Å²) in [7, 11) is 0. The van der Waals surface area contributed by atoms with Gasteiger partial charge in [0.15, 0.2) is 0 Å². The smallest absolute Gasteiger partial charge is 0.240 e. The van der Waals surface area contributed by atoms with Crippen molar-refractivity contribution in [2.24, 2.45) is 5.10 Å². The van der Waals surface area contributed by atoms with E-state index in [1.807, 2.05) is 6.92 Å². The minimum atomic E-state index is -0.103. The van der Waals surface area contributed by atoms with Gasteiger partial charge in [-0.05, 0) is 18.6 Å². The van der Waals surface area contributed by atoms with Crippen molar-refractivity contribution in [3.05, 3.63) is 29.8 Å². The van der Waals surface area contributed by atoms with Crippen molar-refractivity contribution in [3.63, 3.8) is 0 Å². The molecule has 0 spiro atoms. The number of hydrogen-bond acceptors (Lipinski definition) is 3. The number of carbonyl (C=O) groups is 1. The Morgan fingerprint density at radius 1 is 1.50 bits per heavy atom. The predicted molar refractivity (Wildman–Crippen MR) is 63.4 cm³/mol. The van der Waals surface area contributed by atoms with Crippen molar-refractivity contribution < 1.29 is 9.90 Å². The van der Waals surface area contributed by atoms with Gasteiger partial charge in [0.05, 0.1) is 6.21 Å². The number of phenols is 1. The average molecular weight is 220 g/mol. The molecule has 1 rings (SSSR count). The number of aromatic hydroxyl groups is 1. The van der Waals surface area contributed by atoms with E-state index >= 15 is 0 Å². The SMILES string of the molecule is CCCCC(=O)N/N=C\c1ccccc1O. The number of hydrogen-bond donors (Lipinski definition) is 2. The second kappa shape index (κ2) is 6.61. The molecular weight excluding hydrogens is 204 g/mol. The van der Waals surface area contributed by atoms with E-state index in [-0.39, 0.29) is 11.7 Å². The Morgan fingerprint density at radius 3 is 2.94 bits per heavy atom. The number of rotatable bonds is 5. The highest BCUT2D eigenvalue weighted by molar-refractivity contribution is 5.84. The molecule has 1 amide bonds. The molecule has 0 heterocycles. The molecule has 0 aliphatic heterocycles. The van der Waals surface area contributed by atoms with Crippen LogP contribution in [-0.2, 0) is 4.79 Å². The normalized spacial score (nSPS) is 10.6. The summed E-state index contributed by atoms with van der Waals surface area (Å²) in [5, 5.41) is 13.2. The second-order valence-corrected chi connectivity index (χ2v) is 3.46. The summed E-state index contributed by atoms with van der Waals surface area (Å²) in [6, 6.07) is 6.81. The molecule has 0 saturated heterocycles. The molecule has 2 N–H and O–H groups in total. The lowest BCUT2D eigenvalue weighted by Gasteiger charge is -1.99. The summed E-state index contributed by atoms with van der Waals surface area (Å²) in [6.07, 6.45) is 3.75. The minimum absolute atomic E-state index is 0.103. The van der Waals surface area contributed by atoms with E-state index in [0.29, 0.717) is 12.0 Å². The maximum Gasteiger partial charge on any atom is 0.240 e. The van der Waals surface area contributed by atoms with E-state index < -0.39 is 0 Å². The summed E-state index contributed by atoms with van der Waals surface area (Å²) in [4.78, 5) is 11.2. The molecule has 1 aromatic rings. The van der Waals surface area contributed by atoms with Crippen molar-refractivity contribution in [2.45, 2.75) is 26.2 Å². The van der Waals surface area contributed by atoms with Crippen LogP contribution in [-0.4, -0.2) is 17.2 Å². The first kappa shape index (κ1) is 12.2. The van der Waals surface area contributed by atoms with Crippen molar-refractivity contribution in [1.29, 1.82) is 0 Å². The van der Waals surface area contributed by atoms with E-state index in [9.17, 15) is 9.90 Å². The lowest BCUT2D eigenvalue weighted by molar-refractivity contribution is -0.121. The zero-order valence-electron chi connectivity index (χ0n) is 9.31. The van der Waals surface area contributed by atoms with Gasteiger partial charge in [0.2, 0.25) is 5.91 Å². The summed E-state index contributed by atoms with van der Waals surface area (Å²) in [5.41, 5.74) is 2.99. The highest BCUT2D eigenvalue weighted by Gasteiger charge is 1.98. The number of hydrazone groups is 1. The van der Waals surface area contributed by atoms with E-state index in [4.69, 9.17) is 0 Å². The Morgan fingerprint density at radius 2 is 2.25 bits per heavy atom. The molecule has 0 unspecified atom stereocenters. The van der Waals surface area contributed by atoms with Gasteiger partial charge < -0.3 is 5.11 Å². The maximum atomic E-state index is 11.2. The van der Waals surface area contributed by atoms with Gasteiger partial charge in [-0.3, -0.25) is 4.79 Å². The number of nitrogens with one attached hydrogen (secondary N) is 1. The van der Waals surface area contributed by atoms with Gasteiger partial charge >= 0.3 is 0 Å². The monoisotopic (exact) mass is 220 g/mol. The molecule has 0 atom stereocenters. The zero-order valence-corrected chi connectivity index (χ0v) is 9.31. The Hall–Kier alpha value is -1.84. The van der Waals surface area contributed by atoms with Crippen LogP contribution in [0.15, 0.2) is 29.4 Å². The van der Waals surface area contributed by atoms with Gasteiger partial charge in [-0.15, -0.1) is 0 Å². The van der Waals surface area contributed by atoms with Gasteiger partial charge in [-0.25, -0.2) is 5.43 Å². The molecule has 0 bridgehead atoms. The van der Waals surface area contributed by atoms with Crippen LogP contribution in [0.5, 0.6) is 5.75 Å². The lowest BCUT2D eigenvalue weighted by Crippen LogP contribution is -2.16. The molecule has 0 aliphatic rings. The first-order chi connectivity index (χ1) is 7.74. The van der Waals surface area contributed by atoms with Gasteiger partial charge in [-0.1, -0.05) is 25.5 Å². The number of benzene rings is 1. The quantitative estimate of drug-likeness (QED) is 0.589. The van der Waals surface area contributed by atoms with Crippen LogP contribution in [0.3, 0.4) is 0 Å². The number of amides is 1. The number of carbonyl (C=O) groups excluding carboxylic acids is 1. The van der Waals surface area contributed by atoms with E-state index in [2.05, 4.69) is 10.5 Å². The number of phenolic OH excluding ortho intramolecular Hbond substituents is 1. The fourth-order valence-electron chi connectivity index (χ4n) is 1.16. The average Bonchev–Trinajstić information content (AvgIpc) is 2.29. The lowest BCUT2D eigenvalue weighted by atomic mass is 10.2. The molecule has 0 fully saturated rings. The third-order valence-corrected chi connectivity index (χ3v) is 2.09. The molecule has 0 aliphatic carbocycles. The highest BCUT2D eigenvalue weighted by Crippen LogP contribution is 2.12. The molecule has 4 nitrogen and oxygen atoms in total. The van der Waals surface area contributed by atoms with E-state index in [1.54, 1.807) is 24.3 Å².